The number of halogens is 1. The van der Waals surface area contributed by atoms with Crippen molar-refractivity contribution in [2.75, 3.05) is 6.26 Å². The summed E-state index contributed by atoms with van der Waals surface area (Å²) in [6.07, 6.45) is 2.05. The minimum atomic E-state index is -2.95. The first-order valence-corrected chi connectivity index (χ1v) is 8.01. The van der Waals surface area contributed by atoms with Gasteiger partial charge in [-0.3, -0.25) is 0 Å². The molecule has 0 spiro atoms. The third-order valence-corrected chi connectivity index (χ3v) is 6.21. The second-order valence-electron chi connectivity index (χ2n) is 3.33. The molecule has 14 heavy (non-hydrogen) atoms. The van der Waals surface area contributed by atoms with Gasteiger partial charge < -0.3 is 0 Å². The first kappa shape index (κ1) is 12.2. The van der Waals surface area contributed by atoms with Gasteiger partial charge in [0.05, 0.1) is 5.25 Å². The standard InChI is InChI=1S/C9H13BrO2S2/c1-7(14(2,11)12)9(10)6-8-4-3-5-13-8/h3-5,7,9H,6H2,1-2H3. The van der Waals surface area contributed by atoms with Crippen LogP contribution in [0.5, 0.6) is 0 Å². The molecule has 5 heteroatoms. The highest BCUT2D eigenvalue weighted by Gasteiger charge is 2.23. The largest absolute Gasteiger partial charge is 0.229 e. The molecule has 2 unspecified atom stereocenters. The Labute approximate surface area is 97.4 Å². The monoisotopic (exact) mass is 296 g/mol. The molecule has 0 aliphatic carbocycles. The van der Waals surface area contributed by atoms with Crippen molar-refractivity contribution in [3.8, 4) is 0 Å². The zero-order chi connectivity index (χ0) is 10.8. The molecule has 0 fully saturated rings. The van der Waals surface area contributed by atoms with Gasteiger partial charge in [-0.2, -0.15) is 0 Å². The van der Waals surface area contributed by atoms with Crippen LogP contribution < -0.4 is 0 Å². The van der Waals surface area contributed by atoms with Crippen LogP contribution in [0.2, 0.25) is 0 Å². The normalized spacial score (nSPS) is 16.5. The third-order valence-electron chi connectivity index (χ3n) is 2.16. The number of hydrogen-bond donors (Lipinski definition) is 0. The Hall–Kier alpha value is 0.130. The highest BCUT2D eigenvalue weighted by Crippen LogP contribution is 2.20. The summed E-state index contributed by atoms with van der Waals surface area (Å²) < 4.78 is 22.5. The van der Waals surface area contributed by atoms with Crippen molar-refractivity contribution in [2.24, 2.45) is 0 Å². The number of rotatable bonds is 4. The summed E-state index contributed by atoms with van der Waals surface area (Å²) in [7, 11) is -2.95. The molecule has 0 saturated heterocycles. The average molecular weight is 297 g/mol. The molecule has 0 radical (unpaired) electrons. The first-order chi connectivity index (χ1) is 6.41. The Morgan fingerprint density at radius 1 is 1.57 bits per heavy atom. The van der Waals surface area contributed by atoms with E-state index < -0.39 is 9.84 Å². The van der Waals surface area contributed by atoms with Gasteiger partial charge in [0.15, 0.2) is 9.84 Å². The van der Waals surface area contributed by atoms with Crippen molar-refractivity contribution in [2.45, 2.75) is 23.4 Å². The quantitative estimate of drug-likeness (QED) is 0.800. The minimum absolute atomic E-state index is 0.00356. The SMILES string of the molecule is CC(C(Br)Cc1cccs1)S(C)(=O)=O. The van der Waals surface area contributed by atoms with Crippen molar-refractivity contribution in [3.05, 3.63) is 22.4 Å². The van der Waals surface area contributed by atoms with Gasteiger partial charge in [-0.1, -0.05) is 22.0 Å². The maximum atomic E-state index is 11.3. The van der Waals surface area contributed by atoms with E-state index in [4.69, 9.17) is 0 Å². The topological polar surface area (TPSA) is 34.1 Å². The predicted molar refractivity (Wildman–Crippen MR) is 65.0 cm³/mol. The van der Waals surface area contributed by atoms with Crippen molar-refractivity contribution < 1.29 is 8.42 Å². The van der Waals surface area contributed by atoms with E-state index in [1.54, 1.807) is 18.3 Å². The molecular weight excluding hydrogens is 284 g/mol. The van der Waals surface area contributed by atoms with Gasteiger partial charge in [0.1, 0.15) is 0 Å². The third kappa shape index (κ3) is 3.37. The molecule has 80 valence electrons. The molecule has 1 heterocycles. The van der Waals surface area contributed by atoms with Gasteiger partial charge in [-0.25, -0.2) is 8.42 Å². The van der Waals surface area contributed by atoms with Crippen LogP contribution in [0.15, 0.2) is 17.5 Å². The minimum Gasteiger partial charge on any atom is -0.229 e. The lowest BCUT2D eigenvalue weighted by molar-refractivity contribution is 0.586. The van der Waals surface area contributed by atoms with E-state index in [1.165, 1.54) is 11.1 Å². The van der Waals surface area contributed by atoms with Crippen LogP contribution in [0.4, 0.5) is 0 Å². The fourth-order valence-electron chi connectivity index (χ4n) is 1.06. The molecule has 1 rings (SSSR count). The Kier molecular flexibility index (Phi) is 4.15. The number of sulfone groups is 1. The molecule has 0 aromatic carbocycles. The van der Waals surface area contributed by atoms with E-state index in [9.17, 15) is 8.42 Å². The Bertz CT molecular complexity index is 370. The summed E-state index contributed by atoms with van der Waals surface area (Å²) >= 11 is 5.08. The van der Waals surface area contributed by atoms with E-state index >= 15 is 0 Å². The summed E-state index contributed by atoms with van der Waals surface area (Å²) in [6, 6.07) is 4.00. The smallest absolute Gasteiger partial charge is 0.151 e. The van der Waals surface area contributed by atoms with Gasteiger partial charge in [-0.05, 0) is 24.8 Å². The molecule has 0 aliphatic rings. The fourth-order valence-corrected chi connectivity index (χ4v) is 4.19. The molecule has 0 N–H and O–H groups in total. The van der Waals surface area contributed by atoms with Crippen molar-refractivity contribution in [1.29, 1.82) is 0 Å². The van der Waals surface area contributed by atoms with Gasteiger partial charge in [-0.15, -0.1) is 11.3 Å². The number of hydrogen-bond acceptors (Lipinski definition) is 3. The second kappa shape index (κ2) is 4.77. The van der Waals surface area contributed by atoms with Gasteiger partial charge in [0.25, 0.3) is 0 Å². The molecule has 0 bridgehead atoms. The summed E-state index contributed by atoms with van der Waals surface area (Å²) in [5.74, 6) is 0. The average Bonchev–Trinajstić information content (AvgIpc) is 2.53. The molecule has 0 amide bonds. The maximum Gasteiger partial charge on any atom is 0.151 e. The van der Waals surface area contributed by atoms with Crippen molar-refractivity contribution >= 4 is 37.1 Å². The second-order valence-corrected chi connectivity index (χ2v) is 7.95. The lowest BCUT2D eigenvalue weighted by Gasteiger charge is -2.15. The van der Waals surface area contributed by atoms with Crippen LogP contribution >= 0.6 is 27.3 Å². The van der Waals surface area contributed by atoms with E-state index in [0.29, 0.717) is 0 Å². The Balaban J connectivity index is 2.63. The lowest BCUT2D eigenvalue weighted by atomic mass is 10.2. The maximum absolute atomic E-state index is 11.3. The summed E-state index contributed by atoms with van der Waals surface area (Å²) in [4.78, 5) is 1.21. The Morgan fingerprint density at radius 2 is 2.21 bits per heavy atom. The van der Waals surface area contributed by atoms with Crippen LogP contribution in [-0.4, -0.2) is 24.8 Å². The molecule has 2 nitrogen and oxygen atoms in total. The van der Waals surface area contributed by atoms with Crippen LogP contribution in [0.3, 0.4) is 0 Å². The van der Waals surface area contributed by atoms with Gasteiger partial charge in [0, 0.05) is 16.0 Å². The lowest BCUT2D eigenvalue weighted by Crippen LogP contribution is -2.27. The van der Waals surface area contributed by atoms with E-state index in [0.717, 1.165) is 6.42 Å². The van der Waals surface area contributed by atoms with Crippen LogP contribution in [0.1, 0.15) is 11.8 Å². The van der Waals surface area contributed by atoms with Crippen LogP contribution in [0, 0.1) is 0 Å². The van der Waals surface area contributed by atoms with Crippen molar-refractivity contribution in [1.82, 2.24) is 0 Å². The van der Waals surface area contributed by atoms with E-state index in [1.807, 2.05) is 17.5 Å². The summed E-state index contributed by atoms with van der Waals surface area (Å²) in [5.41, 5.74) is 0. The molecule has 1 aromatic heterocycles. The summed E-state index contributed by atoms with van der Waals surface area (Å²) in [6.45, 7) is 1.74. The van der Waals surface area contributed by atoms with Crippen LogP contribution in [0.25, 0.3) is 0 Å². The first-order valence-electron chi connectivity index (χ1n) is 4.26. The van der Waals surface area contributed by atoms with E-state index in [-0.39, 0.29) is 10.1 Å². The van der Waals surface area contributed by atoms with Crippen molar-refractivity contribution in [3.63, 3.8) is 0 Å². The van der Waals surface area contributed by atoms with Gasteiger partial charge in [0.2, 0.25) is 0 Å². The fraction of sp³-hybridized carbons (Fsp3) is 0.556. The van der Waals surface area contributed by atoms with E-state index in [2.05, 4.69) is 15.9 Å². The predicted octanol–water partition coefficient (Wildman–Crippen LogP) is 2.49. The zero-order valence-electron chi connectivity index (χ0n) is 8.10. The Morgan fingerprint density at radius 3 is 2.64 bits per heavy atom. The number of thiophene rings is 1. The molecule has 1 aromatic rings. The molecule has 0 aliphatic heterocycles. The number of alkyl halides is 1. The van der Waals surface area contributed by atoms with Crippen LogP contribution in [-0.2, 0) is 16.3 Å². The zero-order valence-corrected chi connectivity index (χ0v) is 11.3. The molecule has 0 saturated carbocycles. The molecular formula is C9H13BrO2S2. The summed E-state index contributed by atoms with van der Waals surface area (Å²) in [5, 5.41) is 1.66. The highest BCUT2D eigenvalue weighted by atomic mass is 79.9. The van der Waals surface area contributed by atoms with Gasteiger partial charge >= 0.3 is 0 Å². The molecule has 2 atom stereocenters. The highest BCUT2D eigenvalue weighted by molar-refractivity contribution is 9.09.